The molecule has 2 aliphatic rings. The van der Waals surface area contributed by atoms with Crippen LogP contribution < -0.4 is 32.3 Å². The fourth-order valence-corrected chi connectivity index (χ4v) is 7.40. The summed E-state index contributed by atoms with van der Waals surface area (Å²) in [6, 6.07) is 9.32. The van der Waals surface area contributed by atoms with Crippen LogP contribution in [0.15, 0.2) is 48.7 Å². The SMILES string of the molecule is CN1C(=O)CCC(N2C(=O)c3cccc(NCCCCCCCCNC(=O)CC[C@H](NC(=O)c4ccc(N(C)Cc5cnc6nc(N)nc(N)c6n5)cc4)C(=O)O)c3C2=O)C1=O. The lowest BCUT2D eigenvalue weighted by atomic mass is 10.0. The number of nitrogens with one attached hydrogen (secondary N) is 3. The van der Waals surface area contributed by atoms with Crippen LogP contribution in [0.25, 0.3) is 11.2 Å². The van der Waals surface area contributed by atoms with E-state index < -0.39 is 41.7 Å². The van der Waals surface area contributed by atoms with Crippen LogP contribution >= 0.6 is 0 Å². The molecule has 8 N–H and O–H groups in total. The zero-order chi connectivity index (χ0) is 44.5. The highest BCUT2D eigenvalue weighted by atomic mass is 16.4. The van der Waals surface area contributed by atoms with Gasteiger partial charge >= 0.3 is 5.97 Å². The number of aromatic nitrogens is 4. The Morgan fingerprint density at radius 2 is 1.63 bits per heavy atom. The third kappa shape index (κ3) is 10.4. The lowest BCUT2D eigenvalue weighted by Crippen LogP contribution is -2.54. The standard InChI is InChI=1S/C42H50N12O8/c1-52(23-25-22-47-36-34(48-25)35(43)50-42(44)51-36)26-14-12-24(13-15-26)37(57)49-29(41(61)62)16-18-31(55)46-21-8-6-4-3-5-7-20-45-28-11-9-10-27-33(28)40(60)54(38(27)58)30-17-19-32(56)53(2)39(30)59/h9-15,22,29-30,45H,3-8,16-21,23H2,1-2H3,(H,46,55)(H,49,57)(H,61,62)(H4,43,44,47,50,51)/t29-,30?/m0/s1. The summed E-state index contributed by atoms with van der Waals surface area (Å²) < 4.78 is 0. The molecule has 2 atom stereocenters. The number of likely N-dealkylation sites (tertiary alicyclic amines) is 1. The Labute approximate surface area is 356 Å². The Balaban J connectivity index is 0.842. The zero-order valence-electron chi connectivity index (χ0n) is 34.6. The Hall–Kier alpha value is -7.25. The molecule has 1 saturated heterocycles. The maximum atomic E-state index is 13.4. The fraction of sp³-hybridized carbons (Fsp3) is 0.405. The molecule has 4 aromatic rings. The van der Waals surface area contributed by atoms with E-state index in [2.05, 4.69) is 35.9 Å². The zero-order valence-corrected chi connectivity index (χ0v) is 34.6. The topological polar surface area (TPSA) is 289 Å². The highest BCUT2D eigenvalue weighted by Crippen LogP contribution is 2.33. The van der Waals surface area contributed by atoms with Crippen molar-refractivity contribution in [1.82, 2.24) is 40.4 Å². The number of carbonyl (C=O) groups is 7. The van der Waals surface area contributed by atoms with E-state index in [0.717, 1.165) is 54.0 Å². The number of aliphatic carboxylic acids is 1. The van der Waals surface area contributed by atoms with Gasteiger partial charge in [0, 0.05) is 57.0 Å². The Bertz CT molecular complexity index is 2380. The lowest BCUT2D eigenvalue weighted by Gasteiger charge is -2.32. The number of fused-ring (bicyclic) bond motifs is 2. The molecule has 20 nitrogen and oxygen atoms in total. The molecule has 6 amide bonds. The van der Waals surface area contributed by atoms with Gasteiger partial charge in [0.1, 0.15) is 12.1 Å². The average molecular weight is 851 g/mol. The molecule has 6 rings (SSSR count). The number of piperidine rings is 1. The number of imide groups is 2. The number of hydrogen-bond acceptors (Lipinski definition) is 15. The number of likely N-dealkylation sites (N-methyl/N-ethyl adjacent to an activating group) is 1. The molecule has 0 aliphatic carbocycles. The number of benzene rings is 2. The fourth-order valence-electron chi connectivity index (χ4n) is 7.40. The summed E-state index contributed by atoms with van der Waals surface area (Å²) in [6.45, 7) is 1.37. The number of carboxylic acids is 1. The molecule has 1 fully saturated rings. The van der Waals surface area contributed by atoms with Crippen molar-refractivity contribution in [3.63, 3.8) is 0 Å². The molecule has 2 aromatic heterocycles. The van der Waals surface area contributed by atoms with E-state index in [1.54, 1.807) is 48.7 Å². The molecule has 2 aromatic carbocycles. The second-order valence-corrected chi connectivity index (χ2v) is 15.3. The summed E-state index contributed by atoms with van der Waals surface area (Å²) in [5.74, 6) is -3.98. The minimum atomic E-state index is -1.26. The van der Waals surface area contributed by atoms with Gasteiger partial charge in [-0.25, -0.2) is 14.8 Å². The molecular weight excluding hydrogens is 801 g/mol. The number of unbranched alkanes of at least 4 members (excludes halogenated alkanes) is 5. The molecule has 0 bridgehead atoms. The van der Waals surface area contributed by atoms with Crippen LogP contribution in [-0.4, -0.2) is 116 Å². The minimum absolute atomic E-state index is 0.00521. The van der Waals surface area contributed by atoms with Crippen LogP contribution in [0.1, 0.15) is 101 Å². The van der Waals surface area contributed by atoms with Crippen molar-refractivity contribution in [3.05, 3.63) is 71.0 Å². The van der Waals surface area contributed by atoms with Gasteiger partial charge in [0.15, 0.2) is 17.0 Å². The van der Waals surface area contributed by atoms with Crippen LogP contribution in [0.5, 0.6) is 0 Å². The smallest absolute Gasteiger partial charge is 0.326 e. The second kappa shape index (κ2) is 19.9. The molecule has 0 radical (unpaired) electrons. The van der Waals surface area contributed by atoms with Gasteiger partial charge in [0.25, 0.3) is 23.6 Å². The number of nitrogens with zero attached hydrogens (tertiary/aromatic N) is 7. The van der Waals surface area contributed by atoms with E-state index in [9.17, 15) is 38.7 Å². The van der Waals surface area contributed by atoms with Crippen LogP contribution in [0.4, 0.5) is 23.1 Å². The van der Waals surface area contributed by atoms with Crippen molar-refractivity contribution in [2.24, 2.45) is 0 Å². The van der Waals surface area contributed by atoms with Gasteiger partial charge < -0.3 is 37.4 Å². The summed E-state index contributed by atoms with van der Waals surface area (Å²) in [5.41, 5.74) is 14.8. The first-order valence-electron chi connectivity index (χ1n) is 20.4. The van der Waals surface area contributed by atoms with Crippen LogP contribution in [0.2, 0.25) is 0 Å². The highest BCUT2D eigenvalue weighted by molar-refractivity contribution is 6.25. The molecule has 1 unspecified atom stereocenters. The van der Waals surface area contributed by atoms with Crippen molar-refractivity contribution < 1.29 is 38.7 Å². The van der Waals surface area contributed by atoms with Gasteiger partial charge in [-0.2, -0.15) is 9.97 Å². The van der Waals surface area contributed by atoms with Gasteiger partial charge in [0.2, 0.25) is 17.8 Å². The van der Waals surface area contributed by atoms with Gasteiger partial charge in [-0.1, -0.05) is 31.7 Å². The first-order chi connectivity index (χ1) is 29.7. The number of amides is 6. The van der Waals surface area contributed by atoms with Gasteiger partial charge in [0.05, 0.1) is 29.6 Å². The molecule has 2 aliphatic heterocycles. The van der Waals surface area contributed by atoms with E-state index in [4.69, 9.17) is 11.5 Å². The third-order valence-corrected chi connectivity index (χ3v) is 10.9. The molecule has 4 heterocycles. The molecule has 0 saturated carbocycles. The second-order valence-electron chi connectivity index (χ2n) is 15.3. The van der Waals surface area contributed by atoms with Crippen LogP contribution in [0, 0.1) is 0 Å². The molecule has 326 valence electrons. The van der Waals surface area contributed by atoms with E-state index in [-0.39, 0.29) is 71.6 Å². The lowest BCUT2D eigenvalue weighted by molar-refractivity contribution is -0.149. The van der Waals surface area contributed by atoms with E-state index >= 15 is 0 Å². The highest BCUT2D eigenvalue weighted by Gasteiger charge is 2.47. The Morgan fingerprint density at radius 1 is 0.919 bits per heavy atom. The number of nitrogens with two attached hydrogens (primary N) is 2. The largest absolute Gasteiger partial charge is 0.480 e. The number of nitrogen functional groups attached to an aromatic ring is 2. The molecule has 20 heteroatoms. The number of carboxylic acid groups (broad SMARTS) is 1. The number of carbonyl (C=O) groups excluding carboxylic acids is 6. The maximum absolute atomic E-state index is 13.4. The first-order valence-corrected chi connectivity index (χ1v) is 20.4. The quantitative estimate of drug-likeness (QED) is 0.0550. The average Bonchev–Trinajstić information content (AvgIpc) is 3.50. The Kier molecular flexibility index (Phi) is 14.2. The van der Waals surface area contributed by atoms with Gasteiger partial charge in [-0.3, -0.25) is 38.6 Å². The monoisotopic (exact) mass is 850 g/mol. The van der Waals surface area contributed by atoms with Crippen molar-refractivity contribution >= 4 is 75.7 Å². The van der Waals surface area contributed by atoms with Crippen molar-refractivity contribution in [1.29, 1.82) is 0 Å². The number of anilines is 4. The van der Waals surface area contributed by atoms with Crippen LogP contribution in [-0.2, 0) is 25.7 Å². The van der Waals surface area contributed by atoms with Crippen molar-refractivity contribution in [2.45, 2.75) is 82.8 Å². The van der Waals surface area contributed by atoms with Crippen molar-refractivity contribution in [2.75, 3.05) is 48.9 Å². The molecule has 0 spiro atoms. The van der Waals surface area contributed by atoms with E-state index in [1.807, 2.05) is 11.9 Å². The molecular formula is C42H50N12O8. The van der Waals surface area contributed by atoms with Gasteiger partial charge in [-0.05, 0) is 62.1 Å². The first kappa shape index (κ1) is 44.3. The third-order valence-electron chi connectivity index (χ3n) is 10.9. The van der Waals surface area contributed by atoms with E-state index in [0.29, 0.717) is 36.5 Å². The Morgan fingerprint density at radius 3 is 2.35 bits per heavy atom. The van der Waals surface area contributed by atoms with Crippen LogP contribution in [0.3, 0.4) is 0 Å². The number of hydrogen-bond donors (Lipinski definition) is 6. The summed E-state index contributed by atoms with van der Waals surface area (Å²) in [7, 11) is 3.19. The maximum Gasteiger partial charge on any atom is 0.326 e. The summed E-state index contributed by atoms with van der Waals surface area (Å²) in [4.78, 5) is 109. The van der Waals surface area contributed by atoms with Crippen molar-refractivity contribution in [3.8, 4) is 0 Å². The van der Waals surface area contributed by atoms with Gasteiger partial charge in [-0.15, -0.1) is 0 Å². The summed E-state index contributed by atoms with van der Waals surface area (Å²) in [5, 5.41) is 18.3. The molecule has 62 heavy (non-hydrogen) atoms. The van der Waals surface area contributed by atoms with E-state index in [1.165, 1.54) is 7.05 Å². The summed E-state index contributed by atoms with van der Waals surface area (Å²) >= 11 is 0. The number of rotatable bonds is 20. The normalized spacial score (nSPS) is 15.4. The minimum Gasteiger partial charge on any atom is -0.480 e. The predicted octanol–water partition coefficient (Wildman–Crippen LogP) is 2.50. The summed E-state index contributed by atoms with van der Waals surface area (Å²) in [6.07, 6.45) is 6.85. The predicted molar refractivity (Wildman–Crippen MR) is 228 cm³/mol.